The van der Waals surface area contributed by atoms with Gasteiger partial charge in [-0.25, -0.2) is 0 Å². The zero-order valence-corrected chi connectivity index (χ0v) is 22.0. The Kier molecular flexibility index (Phi) is 6.53. The number of thioether (sulfide) groups is 1. The number of likely N-dealkylation sites (tertiary alicyclic amines) is 1. The van der Waals surface area contributed by atoms with Crippen LogP contribution >= 0.6 is 11.8 Å². The molecule has 8 heteroatoms. The third kappa shape index (κ3) is 3.72. The standard InChI is InChI=1S/C28H35N3O4S/c1-15(2)11-20(14-32)31-24(26(34)30-19-10-9-17-7-5-6-8-18(17)13-19)28-16(3)12-21(36-28)22(25(33)29-4)23(28)27(31)35/h5-10,13,15-16,20-24,32H,11-12,14H2,1-4H3,(H,29,33)(H,30,34)/t16?,20-,21-,22+,23+,24?,28?/m1/s1. The number of nitrogens with zero attached hydrogens (tertiary/aromatic N) is 1. The second-order valence-corrected chi connectivity index (χ2v) is 12.5. The van der Waals surface area contributed by atoms with Gasteiger partial charge in [0.15, 0.2) is 0 Å². The Bertz CT molecular complexity index is 1200. The van der Waals surface area contributed by atoms with Gasteiger partial charge in [-0.2, -0.15) is 0 Å². The van der Waals surface area contributed by atoms with Crippen LogP contribution in [0.15, 0.2) is 42.5 Å². The van der Waals surface area contributed by atoms with Gasteiger partial charge in [-0.1, -0.05) is 51.1 Å². The number of hydrogen-bond acceptors (Lipinski definition) is 5. The minimum Gasteiger partial charge on any atom is -0.394 e. The first kappa shape index (κ1) is 25.1. The van der Waals surface area contributed by atoms with Gasteiger partial charge in [0.1, 0.15) is 6.04 Å². The van der Waals surface area contributed by atoms with E-state index in [1.54, 1.807) is 23.7 Å². The summed E-state index contributed by atoms with van der Waals surface area (Å²) in [7, 11) is 1.60. The second-order valence-electron chi connectivity index (χ2n) is 10.9. The molecule has 7 atom stereocenters. The van der Waals surface area contributed by atoms with Crippen LogP contribution in [0, 0.1) is 23.7 Å². The molecule has 2 bridgehead atoms. The molecule has 7 nitrogen and oxygen atoms in total. The molecule has 5 rings (SSSR count). The van der Waals surface area contributed by atoms with Gasteiger partial charge in [0.05, 0.1) is 29.2 Å². The highest BCUT2D eigenvalue weighted by atomic mass is 32.2. The maximum atomic E-state index is 14.1. The van der Waals surface area contributed by atoms with Crippen LogP contribution < -0.4 is 10.6 Å². The Hall–Kier alpha value is -2.58. The summed E-state index contributed by atoms with van der Waals surface area (Å²) in [5, 5.41) is 18.3. The normalized spacial score (nSPS) is 31.7. The SMILES string of the molecule is CNC(=O)[C@@H]1[C@H]2C(=O)N([C@@H](CO)CC(C)C)C(C(=O)Nc3ccc4ccccc4c3)C23S[C@@H]1CC3C. The molecule has 3 aliphatic heterocycles. The first-order valence-corrected chi connectivity index (χ1v) is 13.7. The summed E-state index contributed by atoms with van der Waals surface area (Å²) in [6, 6.07) is 12.5. The van der Waals surface area contributed by atoms with Crippen molar-refractivity contribution >= 4 is 45.9 Å². The van der Waals surface area contributed by atoms with Crippen LogP contribution in [0.4, 0.5) is 5.69 Å². The van der Waals surface area contributed by atoms with Crippen LogP contribution in [0.1, 0.15) is 33.6 Å². The lowest BCUT2D eigenvalue weighted by Gasteiger charge is -2.40. The highest BCUT2D eigenvalue weighted by molar-refractivity contribution is 8.02. The number of carbonyl (C=O) groups excluding carboxylic acids is 3. The van der Waals surface area contributed by atoms with E-state index in [2.05, 4.69) is 17.6 Å². The molecule has 0 aromatic heterocycles. The van der Waals surface area contributed by atoms with Crippen molar-refractivity contribution in [2.75, 3.05) is 19.0 Å². The maximum absolute atomic E-state index is 14.1. The maximum Gasteiger partial charge on any atom is 0.248 e. The fourth-order valence-corrected chi connectivity index (χ4v) is 9.33. The van der Waals surface area contributed by atoms with Crippen molar-refractivity contribution in [2.24, 2.45) is 23.7 Å². The van der Waals surface area contributed by atoms with E-state index in [0.29, 0.717) is 12.1 Å². The molecule has 0 radical (unpaired) electrons. The number of anilines is 1. The van der Waals surface area contributed by atoms with Crippen molar-refractivity contribution in [1.29, 1.82) is 0 Å². The van der Waals surface area contributed by atoms with Crippen molar-refractivity contribution in [3.63, 3.8) is 0 Å². The highest BCUT2D eigenvalue weighted by Gasteiger charge is 2.76. The summed E-state index contributed by atoms with van der Waals surface area (Å²) in [6.45, 7) is 5.97. The summed E-state index contributed by atoms with van der Waals surface area (Å²) in [4.78, 5) is 42.8. The third-order valence-electron chi connectivity index (χ3n) is 8.35. The van der Waals surface area contributed by atoms with E-state index < -0.39 is 28.7 Å². The molecule has 3 heterocycles. The van der Waals surface area contributed by atoms with E-state index in [4.69, 9.17) is 0 Å². The average molecular weight is 510 g/mol. The monoisotopic (exact) mass is 509 g/mol. The lowest BCUT2D eigenvalue weighted by Crippen LogP contribution is -2.57. The molecule has 3 aliphatic rings. The van der Waals surface area contributed by atoms with Crippen LogP contribution in [0.3, 0.4) is 0 Å². The van der Waals surface area contributed by atoms with E-state index in [-0.39, 0.29) is 41.4 Å². The summed E-state index contributed by atoms with van der Waals surface area (Å²) < 4.78 is -0.704. The number of aliphatic hydroxyl groups is 1. The molecule has 2 aromatic rings. The molecule has 3 unspecified atom stereocenters. The largest absolute Gasteiger partial charge is 0.394 e. The molecule has 3 N–H and O–H groups in total. The van der Waals surface area contributed by atoms with Crippen molar-refractivity contribution in [2.45, 2.75) is 55.7 Å². The Morgan fingerprint density at radius 2 is 1.89 bits per heavy atom. The van der Waals surface area contributed by atoms with Crippen LogP contribution in [0.2, 0.25) is 0 Å². The molecule has 36 heavy (non-hydrogen) atoms. The van der Waals surface area contributed by atoms with Gasteiger partial charge in [0, 0.05) is 18.0 Å². The van der Waals surface area contributed by atoms with Crippen LogP contribution in [-0.4, -0.2) is 63.5 Å². The average Bonchev–Trinajstić information content (AvgIpc) is 3.45. The topological polar surface area (TPSA) is 98.7 Å². The van der Waals surface area contributed by atoms with Crippen LogP contribution in [0.5, 0.6) is 0 Å². The number of benzene rings is 2. The molecular weight excluding hydrogens is 474 g/mol. The minimum atomic E-state index is -0.767. The van der Waals surface area contributed by atoms with E-state index in [1.165, 1.54) is 0 Å². The molecule has 3 amide bonds. The molecule has 0 aliphatic carbocycles. The first-order chi connectivity index (χ1) is 17.2. The highest BCUT2D eigenvalue weighted by Crippen LogP contribution is 2.68. The lowest BCUT2D eigenvalue weighted by molar-refractivity contribution is -0.142. The predicted molar refractivity (Wildman–Crippen MR) is 142 cm³/mol. The van der Waals surface area contributed by atoms with Crippen LogP contribution in [-0.2, 0) is 14.4 Å². The number of hydrogen-bond donors (Lipinski definition) is 3. The van der Waals surface area contributed by atoms with E-state index in [9.17, 15) is 19.5 Å². The zero-order chi connectivity index (χ0) is 25.8. The van der Waals surface area contributed by atoms with E-state index in [1.807, 2.05) is 56.3 Å². The third-order valence-corrected chi connectivity index (χ3v) is 10.4. The Morgan fingerprint density at radius 3 is 2.56 bits per heavy atom. The lowest BCUT2D eigenvalue weighted by atomic mass is 9.66. The Balaban J connectivity index is 1.57. The van der Waals surface area contributed by atoms with Gasteiger partial charge in [-0.3, -0.25) is 14.4 Å². The summed E-state index contributed by atoms with van der Waals surface area (Å²) in [5.74, 6) is -1.30. The summed E-state index contributed by atoms with van der Waals surface area (Å²) in [6.07, 6.45) is 1.37. The quantitative estimate of drug-likeness (QED) is 0.532. The number of nitrogens with one attached hydrogen (secondary N) is 2. The molecular formula is C28H35N3O4S. The molecule has 0 saturated carbocycles. The molecule has 3 fully saturated rings. The Labute approximate surface area is 216 Å². The van der Waals surface area contributed by atoms with Gasteiger partial charge in [0.2, 0.25) is 17.7 Å². The summed E-state index contributed by atoms with van der Waals surface area (Å²) >= 11 is 1.65. The smallest absolute Gasteiger partial charge is 0.248 e. The number of rotatable bonds is 7. The molecule has 3 saturated heterocycles. The molecule has 1 spiro atoms. The summed E-state index contributed by atoms with van der Waals surface area (Å²) in [5.41, 5.74) is 0.670. The zero-order valence-electron chi connectivity index (χ0n) is 21.2. The first-order valence-electron chi connectivity index (χ1n) is 12.8. The Morgan fingerprint density at radius 1 is 1.17 bits per heavy atom. The molecule has 192 valence electrons. The van der Waals surface area contributed by atoms with E-state index >= 15 is 0 Å². The van der Waals surface area contributed by atoms with Crippen molar-refractivity contribution in [3.8, 4) is 0 Å². The van der Waals surface area contributed by atoms with Gasteiger partial charge in [0.25, 0.3) is 0 Å². The van der Waals surface area contributed by atoms with E-state index in [0.717, 1.165) is 17.2 Å². The molecule has 2 aromatic carbocycles. The van der Waals surface area contributed by atoms with Crippen molar-refractivity contribution < 1.29 is 19.5 Å². The number of amides is 3. The fourth-order valence-electron chi connectivity index (χ4n) is 6.92. The second kappa shape index (κ2) is 9.38. The fraction of sp³-hybridized carbons (Fsp3) is 0.536. The number of carbonyl (C=O) groups is 3. The van der Waals surface area contributed by atoms with Crippen molar-refractivity contribution in [1.82, 2.24) is 10.2 Å². The van der Waals surface area contributed by atoms with Gasteiger partial charge in [-0.15, -0.1) is 11.8 Å². The van der Waals surface area contributed by atoms with Crippen molar-refractivity contribution in [3.05, 3.63) is 42.5 Å². The number of aliphatic hydroxyl groups excluding tert-OH is 1. The number of fused-ring (bicyclic) bond motifs is 2. The van der Waals surface area contributed by atoms with Gasteiger partial charge in [-0.05, 0) is 47.6 Å². The van der Waals surface area contributed by atoms with Crippen LogP contribution in [0.25, 0.3) is 10.8 Å². The minimum absolute atomic E-state index is 0.00435. The predicted octanol–water partition coefficient (Wildman–Crippen LogP) is 3.27. The van der Waals surface area contributed by atoms with Gasteiger partial charge >= 0.3 is 0 Å². The van der Waals surface area contributed by atoms with Gasteiger partial charge < -0.3 is 20.6 Å².